The summed E-state index contributed by atoms with van der Waals surface area (Å²) in [4.78, 5) is 4.31. The van der Waals surface area contributed by atoms with Crippen LogP contribution in [-0.4, -0.2) is 39.3 Å². The van der Waals surface area contributed by atoms with Gasteiger partial charge in [-0.05, 0) is 37.3 Å². The van der Waals surface area contributed by atoms with Crippen LogP contribution in [0.15, 0.2) is 29.3 Å². The van der Waals surface area contributed by atoms with Crippen molar-refractivity contribution in [2.75, 3.05) is 33.4 Å². The maximum absolute atomic E-state index is 5.35. The Morgan fingerprint density at radius 3 is 2.32 bits per heavy atom. The predicted octanol–water partition coefficient (Wildman–Crippen LogP) is 4.13. The molecule has 0 atom stereocenters. The first-order valence-electron chi connectivity index (χ1n) is 9.15. The largest absolute Gasteiger partial charge is 0.382 e. The van der Waals surface area contributed by atoms with Gasteiger partial charge in [0.1, 0.15) is 0 Å². The van der Waals surface area contributed by atoms with Gasteiger partial charge in [0.2, 0.25) is 0 Å². The summed E-state index contributed by atoms with van der Waals surface area (Å²) in [7, 11) is 1.82. The maximum Gasteiger partial charge on any atom is 0.191 e. The van der Waals surface area contributed by atoms with Gasteiger partial charge in [-0.1, -0.05) is 45.0 Å². The topological polar surface area (TPSA) is 45.6 Å². The molecule has 0 bridgehead atoms. The van der Waals surface area contributed by atoms with Gasteiger partial charge in [0.05, 0.1) is 0 Å². The van der Waals surface area contributed by atoms with Crippen molar-refractivity contribution >= 4 is 29.9 Å². The Labute approximate surface area is 171 Å². The molecule has 0 unspecified atom stereocenters. The maximum atomic E-state index is 5.35. The second-order valence-electron chi connectivity index (χ2n) is 6.69. The third-order valence-corrected chi connectivity index (χ3v) is 4.28. The van der Waals surface area contributed by atoms with Crippen molar-refractivity contribution in [1.29, 1.82) is 0 Å². The molecule has 1 rings (SSSR count). The van der Waals surface area contributed by atoms with Crippen LogP contribution in [0.2, 0.25) is 0 Å². The van der Waals surface area contributed by atoms with Gasteiger partial charge in [-0.2, -0.15) is 0 Å². The number of hydrogen-bond acceptors (Lipinski definition) is 2. The summed E-state index contributed by atoms with van der Waals surface area (Å²) >= 11 is 0. The predicted molar refractivity (Wildman–Crippen MR) is 119 cm³/mol. The molecule has 25 heavy (non-hydrogen) atoms. The van der Waals surface area contributed by atoms with Crippen molar-refractivity contribution in [2.45, 2.75) is 52.4 Å². The van der Waals surface area contributed by atoms with Gasteiger partial charge in [0.15, 0.2) is 5.96 Å². The normalized spacial score (nSPS) is 11.8. The van der Waals surface area contributed by atoms with Gasteiger partial charge >= 0.3 is 0 Å². The Balaban J connectivity index is 0.00000576. The zero-order valence-corrected chi connectivity index (χ0v) is 18.9. The fraction of sp³-hybridized carbons (Fsp3) is 0.650. The van der Waals surface area contributed by atoms with Crippen LogP contribution in [0.1, 0.15) is 51.7 Å². The lowest BCUT2D eigenvalue weighted by Gasteiger charge is -2.27. The molecule has 4 nitrogen and oxygen atoms in total. The summed E-state index contributed by atoms with van der Waals surface area (Å²) in [5.74, 6) is 0.865. The van der Waals surface area contributed by atoms with E-state index in [1.807, 2.05) is 14.0 Å². The highest BCUT2D eigenvalue weighted by Crippen LogP contribution is 2.22. The number of benzene rings is 1. The molecule has 0 radical (unpaired) electrons. The van der Waals surface area contributed by atoms with Crippen LogP contribution in [0.3, 0.4) is 0 Å². The number of rotatable bonds is 10. The zero-order valence-electron chi connectivity index (χ0n) is 16.5. The quantitative estimate of drug-likeness (QED) is 0.239. The minimum Gasteiger partial charge on any atom is -0.382 e. The van der Waals surface area contributed by atoms with Crippen molar-refractivity contribution in [3.8, 4) is 0 Å². The number of aryl methyl sites for hydroxylation is 1. The molecule has 0 saturated carbocycles. The number of unbranched alkanes of at least 4 members (excludes halogenated alkanes) is 1. The minimum absolute atomic E-state index is 0. The van der Waals surface area contributed by atoms with Crippen LogP contribution < -0.4 is 10.6 Å². The summed E-state index contributed by atoms with van der Waals surface area (Å²) in [6.45, 7) is 12.1. The highest BCUT2D eigenvalue weighted by molar-refractivity contribution is 14.0. The Morgan fingerprint density at radius 2 is 1.76 bits per heavy atom. The van der Waals surface area contributed by atoms with Crippen LogP contribution in [-0.2, 0) is 16.6 Å². The number of hydrogen-bond donors (Lipinski definition) is 2. The third-order valence-electron chi connectivity index (χ3n) is 4.28. The van der Waals surface area contributed by atoms with Crippen molar-refractivity contribution in [1.82, 2.24) is 10.6 Å². The molecule has 2 N–H and O–H groups in total. The van der Waals surface area contributed by atoms with E-state index in [0.717, 1.165) is 51.5 Å². The zero-order chi connectivity index (χ0) is 17.8. The van der Waals surface area contributed by atoms with Crippen molar-refractivity contribution in [3.05, 3.63) is 35.4 Å². The summed E-state index contributed by atoms with van der Waals surface area (Å²) in [6.07, 6.45) is 3.24. The smallest absolute Gasteiger partial charge is 0.191 e. The first kappa shape index (κ1) is 24.2. The van der Waals surface area contributed by atoms with Gasteiger partial charge in [-0.3, -0.25) is 4.99 Å². The second kappa shape index (κ2) is 13.4. The average Bonchev–Trinajstić information content (AvgIpc) is 2.60. The molecule has 0 amide bonds. The lowest BCUT2D eigenvalue weighted by atomic mass is 9.84. The molecule has 1 aromatic rings. The van der Waals surface area contributed by atoms with E-state index in [9.17, 15) is 0 Å². The van der Waals surface area contributed by atoms with Crippen LogP contribution in [0, 0.1) is 0 Å². The van der Waals surface area contributed by atoms with Crippen LogP contribution in [0.5, 0.6) is 0 Å². The van der Waals surface area contributed by atoms with E-state index in [-0.39, 0.29) is 29.4 Å². The molecule has 144 valence electrons. The van der Waals surface area contributed by atoms with Crippen LogP contribution >= 0.6 is 24.0 Å². The van der Waals surface area contributed by atoms with Gasteiger partial charge in [0.25, 0.3) is 0 Å². The molecule has 0 aliphatic heterocycles. The number of nitrogens with one attached hydrogen (secondary N) is 2. The minimum atomic E-state index is 0. The van der Waals surface area contributed by atoms with E-state index >= 15 is 0 Å². The molecular weight excluding hydrogens is 425 g/mol. The summed E-state index contributed by atoms with van der Waals surface area (Å²) in [5.41, 5.74) is 2.78. The summed E-state index contributed by atoms with van der Waals surface area (Å²) in [6, 6.07) is 8.93. The average molecular weight is 461 g/mol. The number of ether oxygens (including phenoxy) is 1. The molecule has 0 heterocycles. The standard InChI is InChI=1S/C20H35N3O.HI/c1-6-17-10-12-18(13-11-17)20(3,4)16-23-19(21-5)22-14-8-9-15-24-7-2;/h10-13H,6-9,14-16H2,1-5H3,(H2,21,22,23);1H. The Bertz CT molecular complexity index is 486. The van der Waals surface area contributed by atoms with Crippen molar-refractivity contribution < 1.29 is 4.74 Å². The number of halogens is 1. The summed E-state index contributed by atoms with van der Waals surface area (Å²) < 4.78 is 5.35. The van der Waals surface area contributed by atoms with Crippen LogP contribution in [0.4, 0.5) is 0 Å². The number of aliphatic imine (C=N–C) groups is 1. The SMILES string of the molecule is CCOCCCCNC(=NC)NCC(C)(C)c1ccc(CC)cc1.I. The van der Waals surface area contributed by atoms with Crippen molar-refractivity contribution in [3.63, 3.8) is 0 Å². The van der Waals surface area contributed by atoms with Gasteiger partial charge < -0.3 is 15.4 Å². The number of nitrogens with zero attached hydrogens (tertiary/aromatic N) is 1. The van der Waals surface area contributed by atoms with E-state index in [4.69, 9.17) is 4.74 Å². The summed E-state index contributed by atoms with van der Waals surface area (Å²) in [5, 5.41) is 6.82. The van der Waals surface area contributed by atoms with E-state index in [0.29, 0.717) is 0 Å². The lowest BCUT2D eigenvalue weighted by Crippen LogP contribution is -2.43. The van der Waals surface area contributed by atoms with E-state index in [2.05, 4.69) is 60.7 Å². The van der Waals surface area contributed by atoms with Gasteiger partial charge in [0, 0.05) is 38.8 Å². The first-order chi connectivity index (χ1) is 11.5. The Hall–Kier alpha value is -0.820. The molecule has 0 saturated heterocycles. The van der Waals surface area contributed by atoms with E-state index < -0.39 is 0 Å². The lowest BCUT2D eigenvalue weighted by molar-refractivity contribution is 0.143. The highest BCUT2D eigenvalue weighted by atomic mass is 127. The molecule has 0 aromatic heterocycles. The number of guanidine groups is 1. The molecule has 0 fully saturated rings. The fourth-order valence-electron chi connectivity index (χ4n) is 2.50. The molecule has 0 aliphatic carbocycles. The van der Waals surface area contributed by atoms with Crippen molar-refractivity contribution in [2.24, 2.45) is 4.99 Å². The Kier molecular flexibility index (Phi) is 13.0. The second-order valence-corrected chi connectivity index (χ2v) is 6.69. The Morgan fingerprint density at radius 1 is 1.08 bits per heavy atom. The van der Waals surface area contributed by atoms with Gasteiger partial charge in [-0.15, -0.1) is 24.0 Å². The van der Waals surface area contributed by atoms with Gasteiger partial charge in [-0.25, -0.2) is 0 Å². The van der Waals surface area contributed by atoms with Crippen LogP contribution in [0.25, 0.3) is 0 Å². The molecule has 5 heteroatoms. The molecular formula is C20H36IN3O. The molecule has 0 aliphatic rings. The molecule has 1 aromatic carbocycles. The third kappa shape index (κ3) is 9.45. The first-order valence-corrected chi connectivity index (χ1v) is 9.15. The highest BCUT2D eigenvalue weighted by Gasteiger charge is 2.20. The fourth-order valence-corrected chi connectivity index (χ4v) is 2.50. The molecule has 0 spiro atoms. The monoisotopic (exact) mass is 461 g/mol. The van der Waals surface area contributed by atoms with E-state index in [1.165, 1.54) is 11.1 Å². The van der Waals surface area contributed by atoms with E-state index in [1.54, 1.807) is 0 Å².